The highest BCUT2D eigenvalue weighted by Gasteiger charge is 2.21. The minimum absolute atomic E-state index is 0.496. The van der Waals surface area contributed by atoms with Gasteiger partial charge in [0.25, 0.3) is 0 Å². The Bertz CT molecular complexity index is 297. The average Bonchev–Trinajstić information content (AvgIpc) is 2.77. The second-order valence-electron chi connectivity index (χ2n) is 3.52. The Kier molecular flexibility index (Phi) is 2.95. The molecular formula is C8H14N4OS. The molecule has 1 aliphatic rings. The Labute approximate surface area is 87.0 Å². The molecule has 1 saturated heterocycles. The van der Waals surface area contributed by atoms with Gasteiger partial charge in [0.1, 0.15) is 10.7 Å². The van der Waals surface area contributed by atoms with E-state index in [1.807, 2.05) is 0 Å². The highest BCUT2D eigenvalue weighted by molar-refractivity contribution is 7.09. The molecule has 0 aromatic carbocycles. The van der Waals surface area contributed by atoms with Crippen molar-refractivity contribution in [3.63, 3.8) is 0 Å². The number of rotatable bonds is 3. The van der Waals surface area contributed by atoms with Gasteiger partial charge in [-0.25, -0.2) is 0 Å². The van der Waals surface area contributed by atoms with Crippen LogP contribution in [0.5, 0.6) is 0 Å². The summed E-state index contributed by atoms with van der Waals surface area (Å²) in [6, 6.07) is 0.496. The molecule has 78 valence electrons. The van der Waals surface area contributed by atoms with E-state index in [-0.39, 0.29) is 0 Å². The van der Waals surface area contributed by atoms with Crippen molar-refractivity contribution >= 4 is 16.5 Å². The summed E-state index contributed by atoms with van der Waals surface area (Å²) in [6.07, 6.45) is 1.09. The molecular weight excluding hydrogens is 200 g/mol. The molecule has 2 heterocycles. The van der Waals surface area contributed by atoms with Gasteiger partial charge in [0, 0.05) is 30.7 Å². The van der Waals surface area contributed by atoms with Crippen molar-refractivity contribution in [2.45, 2.75) is 19.0 Å². The van der Waals surface area contributed by atoms with Gasteiger partial charge in [0.15, 0.2) is 0 Å². The molecule has 1 aromatic rings. The van der Waals surface area contributed by atoms with Crippen LogP contribution in [0.25, 0.3) is 0 Å². The maximum absolute atomic E-state index is 5.72. The first-order valence-corrected chi connectivity index (χ1v) is 5.39. The quantitative estimate of drug-likeness (QED) is 0.786. The average molecular weight is 214 g/mol. The lowest BCUT2D eigenvalue weighted by Gasteiger charge is -2.21. The molecule has 2 rings (SSSR count). The van der Waals surface area contributed by atoms with Crippen molar-refractivity contribution in [1.82, 2.24) is 14.5 Å². The molecule has 0 saturated carbocycles. The fraction of sp³-hybridized carbons (Fsp3) is 0.750. The summed E-state index contributed by atoms with van der Waals surface area (Å²) in [7, 11) is 2.07. The maximum atomic E-state index is 5.72. The number of aromatic nitrogens is 2. The number of nitrogens with two attached hydrogens (primary N) is 1. The van der Waals surface area contributed by atoms with Gasteiger partial charge in [-0.1, -0.05) is 4.49 Å². The molecule has 1 unspecified atom stereocenters. The summed E-state index contributed by atoms with van der Waals surface area (Å²) in [6.45, 7) is 2.43. The second kappa shape index (κ2) is 4.20. The van der Waals surface area contributed by atoms with E-state index in [0.29, 0.717) is 6.04 Å². The second-order valence-corrected chi connectivity index (χ2v) is 4.30. The molecule has 6 heteroatoms. The van der Waals surface area contributed by atoms with Crippen LogP contribution in [0, 0.1) is 0 Å². The van der Waals surface area contributed by atoms with E-state index >= 15 is 0 Å². The molecule has 1 atom stereocenters. The number of ether oxygens (including phenoxy) is 1. The van der Waals surface area contributed by atoms with Crippen LogP contribution in [0.4, 0.5) is 5.00 Å². The Morgan fingerprint density at radius 2 is 2.57 bits per heavy atom. The summed E-state index contributed by atoms with van der Waals surface area (Å²) >= 11 is 1.25. The van der Waals surface area contributed by atoms with Crippen molar-refractivity contribution in [1.29, 1.82) is 0 Å². The van der Waals surface area contributed by atoms with Crippen molar-refractivity contribution in [2.75, 3.05) is 26.0 Å². The summed E-state index contributed by atoms with van der Waals surface area (Å²) in [5.74, 6) is 0. The lowest BCUT2D eigenvalue weighted by Crippen LogP contribution is -2.31. The molecule has 1 aliphatic heterocycles. The van der Waals surface area contributed by atoms with Crippen LogP contribution in [0.2, 0.25) is 0 Å². The molecule has 1 fully saturated rings. The number of nitrogens with zero attached hydrogens (tertiary/aromatic N) is 3. The fourth-order valence-corrected chi connectivity index (χ4v) is 2.00. The topological polar surface area (TPSA) is 64.3 Å². The van der Waals surface area contributed by atoms with E-state index in [9.17, 15) is 0 Å². The van der Waals surface area contributed by atoms with Gasteiger partial charge in [0.05, 0.1) is 6.61 Å². The van der Waals surface area contributed by atoms with Crippen molar-refractivity contribution in [2.24, 2.45) is 0 Å². The predicted octanol–water partition coefficient (Wildman–Crippen LogP) is 0.341. The third-order valence-electron chi connectivity index (χ3n) is 2.51. The van der Waals surface area contributed by atoms with Gasteiger partial charge < -0.3 is 10.5 Å². The highest BCUT2D eigenvalue weighted by atomic mass is 32.1. The Balaban J connectivity index is 1.93. The zero-order valence-corrected chi connectivity index (χ0v) is 8.96. The fourth-order valence-electron chi connectivity index (χ4n) is 1.56. The third-order valence-corrected chi connectivity index (χ3v) is 3.11. The van der Waals surface area contributed by atoms with Crippen LogP contribution in [0.15, 0.2) is 0 Å². The van der Waals surface area contributed by atoms with Crippen LogP contribution in [-0.2, 0) is 11.3 Å². The normalized spacial score (nSPS) is 22.0. The van der Waals surface area contributed by atoms with Crippen LogP contribution in [0.3, 0.4) is 0 Å². The van der Waals surface area contributed by atoms with Crippen molar-refractivity contribution < 1.29 is 4.74 Å². The van der Waals surface area contributed by atoms with Crippen LogP contribution in [0.1, 0.15) is 12.1 Å². The SMILES string of the molecule is CN(Cc1nnsc1N)C1CCOC1. The Morgan fingerprint density at radius 1 is 1.71 bits per heavy atom. The first kappa shape index (κ1) is 9.82. The number of anilines is 1. The predicted molar refractivity (Wildman–Crippen MR) is 55.0 cm³/mol. The third kappa shape index (κ3) is 2.02. The van der Waals surface area contributed by atoms with Gasteiger partial charge in [-0.3, -0.25) is 4.90 Å². The minimum Gasteiger partial charge on any atom is -0.388 e. The van der Waals surface area contributed by atoms with Gasteiger partial charge in [-0.15, -0.1) is 5.10 Å². The number of likely N-dealkylation sites (N-methyl/N-ethyl adjacent to an activating group) is 1. The minimum atomic E-state index is 0.496. The van der Waals surface area contributed by atoms with Crippen molar-refractivity contribution in [3.8, 4) is 0 Å². The van der Waals surface area contributed by atoms with Gasteiger partial charge in [-0.05, 0) is 13.5 Å². The molecule has 1 aromatic heterocycles. The summed E-state index contributed by atoms with van der Waals surface area (Å²) in [4.78, 5) is 2.22. The molecule has 2 N–H and O–H groups in total. The lowest BCUT2D eigenvalue weighted by atomic mass is 10.2. The molecule has 0 bridgehead atoms. The van der Waals surface area contributed by atoms with E-state index in [4.69, 9.17) is 10.5 Å². The van der Waals surface area contributed by atoms with E-state index < -0.39 is 0 Å². The Morgan fingerprint density at radius 3 is 3.14 bits per heavy atom. The number of hydrogen-bond acceptors (Lipinski definition) is 6. The van der Waals surface area contributed by atoms with E-state index in [1.54, 1.807) is 0 Å². The van der Waals surface area contributed by atoms with Crippen LogP contribution >= 0.6 is 11.5 Å². The molecule has 0 radical (unpaired) electrons. The van der Waals surface area contributed by atoms with Crippen LogP contribution in [-0.4, -0.2) is 40.8 Å². The largest absolute Gasteiger partial charge is 0.388 e. The van der Waals surface area contributed by atoms with Gasteiger partial charge in [-0.2, -0.15) is 0 Å². The first-order valence-electron chi connectivity index (χ1n) is 4.62. The number of nitrogen functional groups attached to an aromatic ring is 1. The molecule has 0 spiro atoms. The summed E-state index contributed by atoms with van der Waals surface area (Å²) in [5.41, 5.74) is 6.60. The van der Waals surface area contributed by atoms with E-state index in [1.165, 1.54) is 11.5 Å². The lowest BCUT2D eigenvalue weighted by molar-refractivity contribution is 0.156. The van der Waals surface area contributed by atoms with E-state index in [0.717, 1.165) is 36.9 Å². The monoisotopic (exact) mass is 214 g/mol. The van der Waals surface area contributed by atoms with Crippen molar-refractivity contribution in [3.05, 3.63) is 5.69 Å². The van der Waals surface area contributed by atoms with Crippen LogP contribution < -0.4 is 5.73 Å². The molecule has 0 aliphatic carbocycles. The first-order chi connectivity index (χ1) is 6.77. The maximum Gasteiger partial charge on any atom is 0.132 e. The molecule has 14 heavy (non-hydrogen) atoms. The zero-order chi connectivity index (χ0) is 9.97. The number of hydrogen-bond donors (Lipinski definition) is 1. The molecule has 5 nitrogen and oxygen atoms in total. The summed E-state index contributed by atoms with van der Waals surface area (Å²) in [5, 5.41) is 4.71. The molecule has 0 amide bonds. The summed E-state index contributed by atoms with van der Waals surface area (Å²) < 4.78 is 9.13. The smallest absolute Gasteiger partial charge is 0.132 e. The zero-order valence-electron chi connectivity index (χ0n) is 8.14. The van der Waals surface area contributed by atoms with Gasteiger partial charge in [0.2, 0.25) is 0 Å². The van der Waals surface area contributed by atoms with Gasteiger partial charge >= 0.3 is 0 Å². The highest BCUT2D eigenvalue weighted by Crippen LogP contribution is 2.17. The Hall–Kier alpha value is -0.720. The standard InChI is InChI=1S/C8H14N4OS/c1-12(6-2-3-13-5-6)4-7-8(9)14-11-10-7/h6H,2-5,9H2,1H3. The van der Waals surface area contributed by atoms with E-state index in [2.05, 4.69) is 21.5 Å².